The molecule has 96 valence electrons. The van der Waals surface area contributed by atoms with E-state index < -0.39 is 0 Å². The monoisotopic (exact) mass is 278 g/mol. The minimum Gasteiger partial charge on any atom is -0.304 e. The van der Waals surface area contributed by atoms with Gasteiger partial charge in [-0.15, -0.1) is 23.1 Å². The summed E-state index contributed by atoms with van der Waals surface area (Å²) in [6, 6.07) is 9.00. The Balaban J connectivity index is 1.90. The van der Waals surface area contributed by atoms with Gasteiger partial charge in [-0.25, -0.2) is 4.98 Å². The van der Waals surface area contributed by atoms with Gasteiger partial charge in [0.2, 0.25) is 0 Å². The second kappa shape index (κ2) is 6.36. The number of hydrogen-bond donors (Lipinski definition) is 1. The number of nitrogens with zero attached hydrogens (tertiary/aromatic N) is 1. The Morgan fingerprint density at radius 3 is 2.61 bits per heavy atom. The highest BCUT2D eigenvalue weighted by Gasteiger charge is 2.08. The molecule has 1 aromatic carbocycles. The van der Waals surface area contributed by atoms with E-state index in [2.05, 4.69) is 54.7 Å². The molecule has 2 nitrogen and oxygen atoms in total. The van der Waals surface area contributed by atoms with E-state index in [1.807, 2.05) is 6.20 Å². The van der Waals surface area contributed by atoms with Crippen LogP contribution in [-0.2, 0) is 6.54 Å². The van der Waals surface area contributed by atoms with Gasteiger partial charge in [0.15, 0.2) is 0 Å². The second-order valence-electron chi connectivity index (χ2n) is 4.26. The number of nitrogens with one attached hydrogen (secondary N) is 1. The third kappa shape index (κ3) is 3.57. The summed E-state index contributed by atoms with van der Waals surface area (Å²) in [5, 5.41) is 4.67. The van der Waals surface area contributed by atoms with Crippen molar-refractivity contribution in [1.29, 1.82) is 0 Å². The van der Waals surface area contributed by atoms with Gasteiger partial charge in [0.1, 0.15) is 5.01 Å². The summed E-state index contributed by atoms with van der Waals surface area (Å²) in [6.45, 7) is 5.14. The zero-order valence-corrected chi connectivity index (χ0v) is 12.6. The Kier molecular flexibility index (Phi) is 4.80. The molecule has 0 aliphatic carbocycles. The first-order valence-corrected chi connectivity index (χ1v) is 8.02. The standard InChI is InChI=1S/C14H18N2S2/c1-10-8-16-14(18-10)11(2)15-9-12-4-6-13(17-3)7-5-12/h4-8,11,15H,9H2,1-3H3. The smallest absolute Gasteiger partial charge is 0.109 e. The lowest BCUT2D eigenvalue weighted by atomic mass is 10.2. The molecule has 0 saturated heterocycles. The summed E-state index contributed by atoms with van der Waals surface area (Å²) < 4.78 is 0. The molecule has 2 aromatic rings. The molecule has 1 aromatic heterocycles. The fourth-order valence-electron chi connectivity index (χ4n) is 1.67. The molecule has 0 aliphatic rings. The molecule has 0 radical (unpaired) electrons. The topological polar surface area (TPSA) is 24.9 Å². The van der Waals surface area contributed by atoms with E-state index in [4.69, 9.17) is 0 Å². The minimum absolute atomic E-state index is 0.309. The van der Waals surface area contributed by atoms with Crippen LogP contribution in [0, 0.1) is 6.92 Å². The van der Waals surface area contributed by atoms with Gasteiger partial charge in [0.05, 0.1) is 6.04 Å². The first kappa shape index (κ1) is 13.6. The molecule has 0 saturated carbocycles. The fraction of sp³-hybridized carbons (Fsp3) is 0.357. The highest BCUT2D eigenvalue weighted by Crippen LogP contribution is 2.20. The molecule has 0 spiro atoms. The third-order valence-electron chi connectivity index (χ3n) is 2.78. The quantitative estimate of drug-likeness (QED) is 0.836. The minimum atomic E-state index is 0.309. The molecule has 18 heavy (non-hydrogen) atoms. The molecule has 1 atom stereocenters. The van der Waals surface area contributed by atoms with Gasteiger partial charge in [-0.3, -0.25) is 0 Å². The van der Waals surface area contributed by atoms with E-state index in [0.29, 0.717) is 6.04 Å². The molecular weight excluding hydrogens is 260 g/mol. The van der Waals surface area contributed by atoms with Crippen molar-refractivity contribution in [2.24, 2.45) is 0 Å². The van der Waals surface area contributed by atoms with Gasteiger partial charge in [-0.05, 0) is 37.8 Å². The van der Waals surface area contributed by atoms with Crippen LogP contribution in [0.2, 0.25) is 0 Å². The second-order valence-corrected chi connectivity index (χ2v) is 6.41. The number of thioether (sulfide) groups is 1. The Labute approximate surface area is 117 Å². The molecular formula is C14H18N2S2. The van der Waals surface area contributed by atoms with E-state index in [0.717, 1.165) is 11.6 Å². The lowest BCUT2D eigenvalue weighted by Gasteiger charge is -2.11. The Morgan fingerprint density at radius 2 is 2.06 bits per heavy atom. The van der Waals surface area contributed by atoms with Crippen LogP contribution in [0.4, 0.5) is 0 Å². The van der Waals surface area contributed by atoms with Gasteiger partial charge >= 0.3 is 0 Å². The average Bonchev–Trinajstić information content (AvgIpc) is 2.83. The van der Waals surface area contributed by atoms with Crippen molar-refractivity contribution < 1.29 is 0 Å². The van der Waals surface area contributed by atoms with Crippen LogP contribution < -0.4 is 5.32 Å². The molecule has 4 heteroatoms. The van der Waals surface area contributed by atoms with E-state index in [1.165, 1.54) is 15.3 Å². The zero-order valence-electron chi connectivity index (χ0n) is 10.9. The van der Waals surface area contributed by atoms with Crippen LogP contribution in [0.5, 0.6) is 0 Å². The van der Waals surface area contributed by atoms with E-state index in [1.54, 1.807) is 23.1 Å². The van der Waals surface area contributed by atoms with E-state index >= 15 is 0 Å². The highest BCUT2D eigenvalue weighted by molar-refractivity contribution is 7.98. The number of aromatic nitrogens is 1. The maximum Gasteiger partial charge on any atom is 0.109 e. The highest BCUT2D eigenvalue weighted by atomic mass is 32.2. The van der Waals surface area contributed by atoms with Gasteiger partial charge in [0.25, 0.3) is 0 Å². The molecule has 1 N–H and O–H groups in total. The predicted octanol–water partition coefficient (Wildman–Crippen LogP) is 4.02. The maximum atomic E-state index is 4.41. The Morgan fingerprint density at radius 1 is 1.33 bits per heavy atom. The maximum absolute atomic E-state index is 4.41. The summed E-state index contributed by atoms with van der Waals surface area (Å²) in [4.78, 5) is 6.98. The predicted molar refractivity (Wildman–Crippen MR) is 80.3 cm³/mol. The van der Waals surface area contributed by atoms with Crippen molar-refractivity contribution in [3.05, 3.63) is 45.9 Å². The van der Waals surface area contributed by atoms with Crippen molar-refractivity contribution in [3.8, 4) is 0 Å². The Hall–Kier alpha value is -0.840. The van der Waals surface area contributed by atoms with Crippen molar-refractivity contribution in [2.45, 2.75) is 31.3 Å². The summed E-state index contributed by atoms with van der Waals surface area (Å²) in [5.41, 5.74) is 1.31. The van der Waals surface area contributed by atoms with Crippen LogP contribution in [0.3, 0.4) is 0 Å². The molecule has 0 fully saturated rings. The van der Waals surface area contributed by atoms with Crippen LogP contribution in [0.15, 0.2) is 35.4 Å². The van der Waals surface area contributed by atoms with Gasteiger partial charge in [-0.1, -0.05) is 12.1 Å². The van der Waals surface area contributed by atoms with Crippen LogP contribution in [-0.4, -0.2) is 11.2 Å². The van der Waals surface area contributed by atoms with Crippen molar-refractivity contribution in [3.63, 3.8) is 0 Å². The first-order valence-electron chi connectivity index (χ1n) is 5.97. The average molecular weight is 278 g/mol. The molecule has 0 bridgehead atoms. The molecule has 1 heterocycles. The van der Waals surface area contributed by atoms with Gasteiger partial charge < -0.3 is 5.32 Å². The van der Waals surface area contributed by atoms with Crippen molar-refractivity contribution in [1.82, 2.24) is 10.3 Å². The molecule has 0 amide bonds. The lowest BCUT2D eigenvalue weighted by Crippen LogP contribution is -2.17. The van der Waals surface area contributed by atoms with E-state index in [9.17, 15) is 0 Å². The van der Waals surface area contributed by atoms with Crippen molar-refractivity contribution >= 4 is 23.1 Å². The number of rotatable bonds is 5. The number of thiazole rings is 1. The van der Waals surface area contributed by atoms with Crippen molar-refractivity contribution in [2.75, 3.05) is 6.26 Å². The summed E-state index contributed by atoms with van der Waals surface area (Å²) in [7, 11) is 0. The zero-order chi connectivity index (χ0) is 13.0. The number of aryl methyl sites for hydroxylation is 1. The first-order chi connectivity index (χ1) is 8.69. The molecule has 0 aliphatic heterocycles. The molecule has 2 rings (SSSR count). The van der Waals surface area contributed by atoms with Crippen LogP contribution >= 0.6 is 23.1 Å². The van der Waals surface area contributed by atoms with Crippen LogP contribution in [0.1, 0.15) is 28.4 Å². The molecule has 1 unspecified atom stereocenters. The summed E-state index contributed by atoms with van der Waals surface area (Å²) in [6.07, 6.45) is 4.03. The lowest BCUT2D eigenvalue weighted by molar-refractivity contribution is 0.571. The fourth-order valence-corrected chi connectivity index (χ4v) is 2.88. The summed E-state index contributed by atoms with van der Waals surface area (Å²) >= 11 is 3.53. The van der Waals surface area contributed by atoms with E-state index in [-0.39, 0.29) is 0 Å². The SMILES string of the molecule is CSc1ccc(CNC(C)c2ncc(C)s2)cc1. The van der Waals surface area contributed by atoms with Crippen LogP contribution in [0.25, 0.3) is 0 Å². The van der Waals surface area contributed by atoms with Gasteiger partial charge in [0, 0.05) is 22.5 Å². The van der Waals surface area contributed by atoms with Gasteiger partial charge in [-0.2, -0.15) is 0 Å². The summed E-state index contributed by atoms with van der Waals surface area (Å²) in [5.74, 6) is 0. The number of hydrogen-bond acceptors (Lipinski definition) is 4. The third-order valence-corrected chi connectivity index (χ3v) is 4.62. The largest absolute Gasteiger partial charge is 0.304 e. The normalized spacial score (nSPS) is 12.6. The number of benzene rings is 1. The Bertz CT molecular complexity index is 491.